The zero-order valence-electron chi connectivity index (χ0n) is 10.5. The van der Waals surface area contributed by atoms with E-state index in [0.29, 0.717) is 6.42 Å². The second-order valence-electron chi connectivity index (χ2n) is 4.98. The molecule has 0 fully saturated rings. The number of aryl methyl sites for hydroxylation is 2. The summed E-state index contributed by atoms with van der Waals surface area (Å²) in [4.78, 5) is 4.51. The molecule has 1 aliphatic rings. The number of hydrogen-bond acceptors (Lipinski definition) is 3. The summed E-state index contributed by atoms with van der Waals surface area (Å²) in [6, 6.07) is 8.44. The van der Waals surface area contributed by atoms with Gasteiger partial charge in [0.05, 0.1) is 6.10 Å². The van der Waals surface area contributed by atoms with Crippen LogP contribution in [0.25, 0.3) is 0 Å². The van der Waals surface area contributed by atoms with E-state index in [-0.39, 0.29) is 6.10 Å². The third-order valence-corrected chi connectivity index (χ3v) is 3.37. The van der Waals surface area contributed by atoms with Gasteiger partial charge < -0.3 is 5.11 Å². The first-order valence-corrected chi connectivity index (χ1v) is 6.37. The van der Waals surface area contributed by atoms with Crippen molar-refractivity contribution in [3.05, 3.63) is 47.0 Å². The summed E-state index contributed by atoms with van der Waals surface area (Å²) in [7, 11) is 0. The molecule has 1 atom stereocenters. The summed E-state index contributed by atoms with van der Waals surface area (Å²) in [6.07, 6.45) is 1.91. The minimum absolute atomic E-state index is 0.256. The first-order valence-electron chi connectivity index (χ1n) is 6.37. The van der Waals surface area contributed by atoms with Crippen molar-refractivity contribution in [3.8, 4) is 0 Å². The molecule has 2 heterocycles. The minimum Gasteiger partial charge on any atom is -0.393 e. The van der Waals surface area contributed by atoms with Crippen LogP contribution >= 0.6 is 0 Å². The third kappa shape index (κ3) is 2.29. The molecular formula is C14H17N3O. The van der Waals surface area contributed by atoms with Gasteiger partial charge in [-0.2, -0.15) is 5.10 Å². The topological polar surface area (TPSA) is 50.9 Å². The highest BCUT2D eigenvalue weighted by Crippen LogP contribution is 2.15. The summed E-state index contributed by atoms with van der Waals surface area (Å²) in [5.41, 5.74) is 2.49. The Morgan fingerprint density at radius 3 is 2.89 bits per heavy atom. The number of aliphatic hydroxyl groups is 1. The number of aromatic nitrogens is 3. The summed E-state index contributed by atoms with van der Waals surface area (Å²) in [5.74, 6) is 1.76. The number of rotatable bonds is 2. The smallest absolute Gasteiger partial charge is 0.155 e. The van der Waals surface area contributed by atoms with Gasteiger partial charge in [-0.1, -0.05) is 29.8 Å². The van der Waals surface area contributed by atoms with Crippen LogP contribution in [0.3, 0.4) is 0 Å². The summed E-state index contributed by atoms with van der Waals surface area (Å²) in [5, 5.41) is 14.1. The SMILES string of the molecule is Cc1ccc(Cc2nc3n(n2)CCC(O)C3)cc1. The molecule has 1 aromatic heterocycles. The van der Waals surface area contributed by atoms with Gasteiger partial charge in [0, 0.05) is 19.4 Å². The van der Waals surface area contributed by atoms with Crippen molar-refractivity contribution < 1.29 is 5.11 Å². The van der Waals surface area contributed by atoms with Gasteiger partial charge in [0.25, 0.3) is 0 Å². The molecule has 18 heavy (non-hydrogen) atoms. The van der Waals surface area contributed by atoms with Crippen LogP contribution in [0.15, 0.2) is 24.3 Å². The molecule has 0 radical (unpaired) electrons. The molecule has 1 unspecified atom stereocenters. The second kappa shape index (κ2) is 4.53. The molecule has 0 aliphatic carbocycles. The Labute approximate surface area is 106 Å². The molecule has 94 valence electrons. The van der Waals surface area contributed by atoms with Crippen molar-refractivity contribution in [1.82, 2.24) is 14.8 Å². The normalized spacial score (nSPS) is 18.7. The minimum atomic E-state index is -0.256. The van der Waals surface area contributed by atoms with Crippen LogP contribution in [0.2, 0.25) is 0 Å². The fourth-order valence-corrected chi connectivity index (χ4v) is 2.30. The van der Waals surface area contributed by atoms with Gasteiger partial charge >= 0.3 is 0 Å². The van der Waals surface area contributed by atoms with Crippen LogP contribution in [0.4, 0.5) is 0 Å². The van der Waals surface area contributed by atoms with Crippen LogP contribution in [0.1, 0.15) is 29.2 Å². The Morgan fingerprint density at radius 2 is 2.11 bits per heavy atom. The molecule has 0 amide bonds. The van der Waals surface area contributed by atoms with E-state index in [4.69, 9.17) is 0 Å². The molecule has 3 rings (SSSR count). The third-order valence-electron chi connectivity index (χ3n) is 3.37. The van der Waals surface area contributed by atoms with Gasteiger partial charge in [-0.15, -0.1) is 0 Å². The molecule has 1 N–H and O–H groups in total. The number of fused-ring (bicyclic) bond motifs is 1. The summed E-state index contributed by atoms with van der Waals surface area (Å²) < 4.78 is 1.93. The van der Waals surface area contributed by atoms with Crippen LogP contribution in [-0.2, 0) is 19.4 Å². The Bertz CT molecular complexity index is 545. The van der Waals surface area contributed by atoms with Crippen molar-refractivity contribution in [2.45, 2.75) is 38.8 Å². The van der Waals surface area contributed by atoms with Crippen LogP contribution in [-0.4, -0.2) is 26.0 Å². The van der Waals surface area contributed by atoms with Gasteiger partial charge in [0.2, 0.25) is 0 Å². The maximum absolute atomic E-state index is 9.60. The van der Waals surface area contributed by atoms with E-state index in [0.717, 1.165) is 31.0 Å². The molecular weight excluding hydrogens is 226 g/mol. The van der Waals surface area contributed by atoms with E-state index >= 15 is 0 Å². The van der Waals surface area contributed by atoms with E-state index in [1.54, 1.807) is 0 Å². The van der Waals surface area contributed by atoms with Crippen molar-refractivity contribution >= 4 is 0 Å². The summed E-state index contributed by atoms with van der Waals surface area (Å²) >= 11 is 0. The predicted octanol–water partition coefficient (Wildman–Crippen LogP) is 1.48. The highest BCUT2D eigenvalue weighted by Gasteiger charge is 2.19. The molecule has 4 nitrogen and oxygen atoms in total. The number of nitrogens with zero attached hydrogens (tertiary/aromatic N) is 3. The zero-order chi connectivity index (χ0) is 12.5. The molecule has 0 saturated carbocycles. The Morgan fingerprint density at radius 1 is 1.33 bits per heavy atom. The molecule has 0 saturated heterocycles. The maximum atomic E-state index is 9.60. The highest BCUT2D eigenvalue weighted by atomic mass is 16.3. The monoisotopic (exact) mass is 243 g/mol. The average molecular weight is 243 g/mol. The van der Waals surface area contributed by atoms with Crippen molar-refractivity contribution in [3.63, 3.8) is 0 Å². The number of hydrogen-bond donors (Lipinski definition) is 1. The molecule has 1 aromatic carbocycles. The molecule has 1 aliphatic heterocycles. The number of aliphatic hydroxyl groups excluding tert-OH is 1. The van der Waals surface area contributed by atoms with Gasteiger partial charge in [-0.05, 0) is 18.9 Å². The average Bonchev–Trinajstić information content (AvgIpc) is 2.73. The fourth-order valence-electron chi connectivity index (χ4n) is 2.30. The van der Waals surface area contributed by atoms with E-state index < -0.39 is 0 Å². The van der Waals surface area contributed by atoms with Gasteiger partial charge in [0.15, 0.2) is 5.82 Å². The fraction of sp³-hybridized carbons (Fsp3) is 0.429. The van der Waals surface area contributed by atoms with E-state index in [2.05, 4.69) is 41.3 Å². The Hall–Kier alpha value is -1.68. The van der Waals surface area contributed by atoms with Gasteiger partial charge in [0.1, 0.15) is 5.82 Å². The standard InChI is InChI=1S/C14H17N3O/c1-10-2-4-11(5-3-10)8-13-15-14-9-12(18)6-7-17(14)16-13/h2-5,12,18H,6-9H2,1H3. The molecule has 0 bridgehead atoms. The lowest BCUT2D eigenvalue weighted by molar-refractivity contribution is 0.138. The summed E-state index contributed by atoms with van der Waals surface area (Å²) in [6.45, 7) is 2.86. The first-order chi connectivity index (χ1) is 8.70. The van der Waals surface area contributed by atoms with Crippen molar-refractivity contribution in [1.29, 1.82) is 0 Å². The van der Waals surface area contributed by atoms with E-state index in [9.17, 15) is 5.11 Å². The molecule has 0 spiro atoms. The zero-order valence-corrected chi connectivity index (χ0v) is 10.5. The van der Waals surface area contributed by atoms with Gasteiger partial charge in [-0.25, -0.2) is 9.67 Å². The first kappa shape index (κ1) is 11.4. The van der Waals surface area contributed by atoms with Gasteiger partial charge in [-0.3, -0.25) is 0 Å². The maximum Gasteiger partial charge on any atom is 0.155 e. The molecule has 2 aromatic rings. The lowest BCUT2D eigenvalue weighted by Crippen LogP contribution is -2.23. The van der Waals surface area contributed by atoms with Crippen LogP contribution in [0.5, 0.6) is 0 Å². The highest BCUT2D eigenvalue weighted by molar-refractivity contribution is 5.23. The lowest BCUT2D eigenvalue weighted by Gasteiger charge is -2.16. The Balaban J connectivity index is 1.79. The largest absolute Gasteiger partial charge is 0.393 e. The quantitative estimate of drug-likeness (QED) is 0.869. The van der Waals surface area contributed by atoms with Crippen molar-refractivity contribution in [2.24, 2.45) is 0 Å². The van der Waals surface area contributed by atoms with E-state index in [1.807, 2.05) is 4.68 Å². The lowest BCUT2D eigenvalue weighted by atomic mass is 10.1. The molecule has 4 heteroatoms. The number of benzene rings is 1. The Kier molecular flexibility index (Phi) is 2.88. The van der Waals surface area contributed by atoms with E-state index in [1.165, 1.54) is 11.1 Å². The predicted molar refractivity (Wildman–Crippen MR) is 68.3 cm³/mol. The van der Waals surface area contributed by atoms with Crippen LogP contribution < -0.4 is 0 Å². The van der Waals surface area contributed by atoms with Crippen molar-refractivity contribution in [2.75, 3.05) is 0 Å². The second-order valence-corrected chi connectivity index (χ2v) is 4.98. The van der Waals surface area contributed by atoms with Crippen LogP contribution in [0, 0.1) is 6.92 Å².